The van der Waals surface area contributed by atoms with Crippen molar-refractivity contribution in [2.45, 2.75) is 77.8 Å². The minimum Gasteiger partial charge on any atom is -0.434 e. The predicted molar refractivity (Wildman–Crippen MR) is 138 cm³/mol. The Hall–Kier alpha value is -2.58. The van der Waals surface area contributed by atoms with Crippen LogP contribution >= 0.6 is 11.6 Å². The van der Waals surface area contributed by atoms with E-state index in [-0.39, 0.29) is 34.1 Å². The Morgan fingerprint density at radius 1 is 1.25 bits per heavy atom. The number of rotatable bonds is 9. The summed E-state index contributed by atoms with van der Waals surface area (Å²) in [5, 5.41) is 17.4. The molecule has 3 rings (SSSR count). The monoisotopic (exact) mass is 615 g/mol. The van der Waals surface area contributed by atoms with E-state index in [2.05, 4.69) is 22.1 Å². The van der Waals surface area contributed by atoms with E-state index in [4.69, 9.17) is 20.0 Å². The second-order valence-electron chi connectivity index (χ2n) is 9.89. The van der Waals surface area contributed by atoms with E-state index in [0.29, 0.717) is 18.4 Å². The summed E-state index contributed by atoms with van der Waals surface area (Å²) in [5.41, 5.74) is -2.68. The number of alkyl halides is 5. The molecule has 15 heteroatoms. The van der Waals surface area contributed by atoms with Gasteiger partial charge in [-0.3, -0.25) is 9.48 Å². The molecule has 0 radical (unpaired) electrons. The van der Waals surface area contributed by atoms with Gasteiger partial charge >= 0.3 is 24.4 Å². The summed E-state index contributed by atoms with van der Waals surface area (Å²) in [7, 11) is 0. The van der Waals surface area contributed by atoms with E-state index in [1.807, 2.05) is 0 Å². The number of hydrogen-bond donors (Lipinski definition) is 2. The molecular formula is C25H31ClF5N3O5S. The van der Waals surface area contributed by atoms with Crippen molar-refractivity contribution in [2.75, 3.05) is 6.54 Å². The molecule has 8 nitrogen and oxygen atoms in total. The molecule has 0 aliphatic heterocycles. The number of ether oxygens (including phenoxy) is 1. The van der Waals surface area contributed by atoms with E-state index in [1.165, 1.54) is 16.8 Å². The molecule has 0 saturated heterocycles. The Bertz CT molecular complexity index is 1190. The zero-order valence-electron chi connectivity index (χ0n) is 22.1. The molecule has 0 spiro atoms. The maximum absolute atomic E-state index is 13.2. The number of aromatic nitrogens is 2. The predicted octanol–water partition coefficient (Wildman–Crippen LogP) is 5.87. The molecule has 1 atom stereocenters. The SMILES string of the molecule is CCn1nc(C(=O)NCC2CCC(C)CC2)c(Cl)c1-c1ccc(C(C)(O)CC(F)(F)F)cc1OC(F)F.O=S=O. The lowest BCUT2D eigenvalue weighted by molar-refractivity contribution is -0.174. The van der Waals surface area contributed by atoms with Gasteiger partial charge in [-0.25, -0.2) is 0 Å². The molecule has 2 N–H and O–H groups in total. The maximum Gasteiger partial charge on any atom is 0.392 e. The van der Waals surface area contributed by atoms with Crippen LogP contribution < -0.4 is 10.1 Å². The van der Waals surface area contributed by atoms with Crippen molar-refractivity contribution in [2.24, 2.45) is 11.8 Å². The van der Waals surface area contributed by atoms with Crippen LogP contribution in [0, 0.1) is 11.8 Å². The first kappa shape index (κ1) is 33.6. The fourth-order valence-corrected chi connectivity index (χ4v) is 4.99. The van der Waals surface area contributed by atoms with Gasteiger partial charge in [-0.1, -0.05) is 37.4 Å². The number of carbonyl (C=O) groups is 1. The quantitative estimate of drug-likeness (QED) is 0.342. The van der Waals surface area contributed by atoms with Crippen molar-refractivity contribution >= 4 is 29.1 Å². The molecule has 224 valence electrons. The van der Waals surface area contributed by atoms with Crippen LogP contribution in [0.25, 0.3) is 11.3 Å². The zero-order chi connectivity index (χ0) is 30.3. The van der Waals surface area contributed by atoms with Gasteiger partial charge < -0.3 is 15.2 Å². The van der Waals surface area contributed by atoms with Gasteiger partial charge in [-0.05, 0) is 56.2 Å². The summed E-state index contributed by atoms with van der Waals surface area (Å²) >= 11 is 5.77. The van der Waals surface area contributed by atoms with Gasteiger partial charge in [-0.2, -0.15) is 35.5 Å². The highest BCUT2D eigenvalue weighted by molar-refractivity contribution is 7.51. The minimum atomic E-state index is -4.70. The van der Waals surface area contributed by atoms with Crippen molar-refractivity contribution < 1.29 is 45.0 Å². The first-order valence-corrected chi connectivity index (χ1v) is 13.5. The van der Waals surface area contributed by atoms with Gasteiger partial charge in [0.05, 0.1) is 22.7 Å². The first-order chi connectivity index (χ1) is 18.6. The second kappa shape index (κ2) is 14.4. The fourth-order valence-electron chi connectivity index (χ4n) is 4.66. The molecule has 1 aromatic carbocycles. The highest BCUT2D eigenvalue weighted by Gasteiger charge is 2.40. The summed E-state index contributed by atoms with van der Waals surface area (Å²) in [6.45, 7) is 2.19. The Morgan fingerprint density at radius 2 is 1.85 bits per heavy atom. The van der Waals surface area contributed by atoms with Crippen LogP contribution in [0.1, 0.15) is 68.9 Å². The number of nitrogens with one attached hydrogen (secondary N) is 1. The van der Waals surface area contributed by atoms with Crippen LogP contribution in [0.4, 0.5) is 22.0 Å². The number of aliphatic hydroxyl groups is 1. The van der Waals surface area contributed by atoms with Crippen LogP contribution in [0.5, 0.6) is 5.75 Å². The fraction of sp³-hybridized carbons (Fsp3) is 0.600. The molecule has 1 unspecified atom stereocenters. The number of aryl methyl sites for hydroxylation is 1. The Kier molecular flexibility index (Phi) is 12.1. The normalized spacial score (nSPS) is 18.9. The summed E-state index contributed by atoms with van der Waals surface area (Å²) in [4.78, 5) is 12.9. The van der Waals surface area contributed by atoms with Gasteiger partial charge in [-0.15, -0.1) is 0 Å². The molecule has 1 aromatic heterocycles. The van der Waals surface area contributed by atoms with Crippen molar-refractivity contribution in [1.29, 1.82) is 0 Å². The summed E-state index contributed by atoms with van der Waals surface area (Å²) < 4.78 is 87.8. The van der Waals surface area contributed by atoms with Gasteiger partial charge in [0.25, 0.3) is 5.91 Å². The van der Waals surface area contributed by atoms with Crippen molar-refractivity contribution in [1.82, 2.24) is 15.1 Å². The Morgan fingerprint density at radius 3 is 2.38 bits per heavy atom. The smallest absolute Gasteiger partial charge is 0.392 e. The number of carbonyl (C=O) groups excluding carboxylic acids is 1. The van der Waals surface area contributed by atoms with Gasteiger partial charge in [0.1, 0.15) is 5.75 Å². The molecule has 1 saturated carbocycles. The Balaban J connectivity index is 0.00000178. The van der Waals surface area contributed by atoms with Crippen LogP contribution in [0.15, 0.2) is 18.2 Å². The van der Waals surface area contributed by atoms with E-state index < -0.39 is 48.0 Å². The summed E-state index contributed by atoms with van der Waals surface area (Å²) in [6.07, 6.45) is -2.10. The molecule has 1 amide bonds. The average Bonchev–Trinajstić information content (AvgIpc) is 3.18. The lowest BCUT2D eigenvalue weighted by Crippen LogP contribution is -2.31. The van der Waals surface area contributed by atoms with Crippen molar-refractivity contribution in [3.63, 3.8) is 0 Å². The van der Waals surface area contributed by atoms with Crippen LogP contribution in [-0.4, -0.2) is 48.5 Å². The topological polar surface area (TPSA) is 111 Å². The maximum atomic E-state index is 13.2. The number of amides is 1. The molecule has 1 fully saturated rings. The molecular weight excluding hydrogens is 585 g/mol. The van der Waals surface area contributed by atoms with Crippen LogP contribution in [-0.2, 0) is 23.7 Å². The van der Waals surface area contributed by atoms with Crippen molar-refractivity contribution in [3.05, 3.63) is 34.5 Å². The lowest BCUT2D eigenvalue weighted by Gasteiger charge is -2.26. The van der Waals surface area contributed by atoms with E-state index in [0.717, 1.165) is 38.7 Å². The lowest BCUT2D eigenvalue weighted by atomic mass is 9.83. The average molecular weight is 616 g/mol. The second-order valence-corrected chi connectivity index (χ2v) is 10.4. The third-order valence-corrected chi connectivity index (χ3v) is 7.07. The number of halogens is 6. The highest BCUT2D eigenvalue weighted by Crippen LogP contribution is 2.42. The number of nitrogens with zero attached hydrogens (tertiary/aromatic N) is 2. The molecule has 1 heterocycles. The van der Waals surface area contributed by atoms with Crippen molar-refractivity contribution in [3.8, 4) is 17.0 Å². The molecule has 0 bridgehead atoms. The number of benzene rings is 1. The zero-order valence-corrected chi connectivity index (χ0v) is 23.6. The number of hydrogen-bond acceptors (Lipinski definition) is 6. The molecule has 40 heavy (non-hydrogen) atoms. The van der Waals surface area contributed by atoms with Gasteiger partial charge in [0.15, 0.2) is 5.69 Å². The molecule has 1 aliphatic rings. The summed E-state index contributed by atoms with van der Waals surface area (Å²) in [6, 6.07) is 3.31. The highest BCUT2D eigenvalue weighted by atomic mass is 35.5. The van der Waals surface area contributed by atoms with Gasteiger partial charge in [0, 0.05) is 18.7 Å². The van der Waals surface area contributed by atoms with E-state index in [1.54, 1.807) is 6.92 Å². The largest absolute Gasteiger partial charge is 0.434 e. The third kappa shape index (κ3) is 9.23. The first-order valence-electron chi connectivity index (χ1n) is 12.5. The van der Waals surface area contributed by atoms with Crippen LogP contribution in [0.2, 0.25) is 5.02 Å². The molecule has 1 aliphatic carbocycles. The standard InChI is InChI=1S/C25H31ClF5N3O3.O2S/c1-4-34-21(19(26)20(33-34)22(35)32-12-15-7-5-14(2)6-8-15)17-10-9-16(11-18(17)37-23(27)28)24(3,36)13-25(29,30)31;1-3-2/h9-11,14-15,23,36H,4-8,12-13H2,1-3H3,(H,32,35);. The third-order valence-electron chi connectivity index (χ3n) is 6.72. The van der Waals surface area contributed by atoms with E-state index in [9.17, 15) is 31.9 Å². The minimum absolute atomic E-state index is 0.00785. The van der Waals surface area contributed by atoms with Crippen LogP contribution in [0.3, 0.4) is 0 Å². The van der Waals surface area contributed by atoms with E-state index >= 15 is 0 Å². The summed E-state index contributed by atoms with van der Waals surface area (Å²) in [5.74, 6) is -0.0139. The Labute approximate surface area is 236 Å². The van der Waals surface area contributed by atoms with Gasteiger partial charge in [0.2, 0.25) is 0 Å². The molecule has 2 aromatic rings.